The summed E-state index contributed by atoms with van der Waals surface area (Å²) < 4.78 is 5.41. The maximum atomic E-state index is 12.0. The van der Waals surface area contributed by atoms with Crippen LogP contribution in [0.25, 0.3) is 0 Å². The van der Waals surface area contributed by atoms with Gasteiger partial charge in [-0.2, -0.15) is 0 Å². The monoisotopic (exact) mass is 255 g/mol. The topological polar surface area (TPSA) is 44.8 Å². The predicted molar refractivity (Wildman–Crippen MR) is 70.7 cm³/mol. The van der Waals surface area contributed by atoms with E-state index in [-0.39, 0.29) is 6.09 Å². The van der Waals surface area contributed by atoms with E-state index in [4.69, 9.17) is 4.74 Å². The zero-order valence-electron chi connectivity index (χ0n) is 11.7. The molecule has 0 aliphatic carbocycles. The molecule has 18 heavy (non-hydrogen) atoms. The molecular weight excluding hydrogens is 230 g/mol. The lowest BCUT2D eigenvalue weighted by atomic mass is 10.2. The van der Waals surface area contributed by atoms with E-state index in [9.17, 15) is 4.79 Å². The molecule has 104 valence electrons. The lowest BCUT2D eigenvalue weighted by Gasteiger charge is -2.32. The molecule has 0 aromatic carbocycles. The number of carbonyl (C=O) groups is 1. The maximum absolute atomic E-state index is 12.0. The Kier molecular flexibility index (Phi) is 4.12. The van der Waals surface area contributed by atoms with Crippen molar-refractivity contribution in [1.29, 1.82) is 0 Å². The van der Waals surface area contributed by atoms with Crippen LogP contribution in [0, 0.1) is 0 Å². The van der Waals surface area contributed by atoms with Gasteiger partial charge in [0.05, 0.1) is 0 Å². The van der Waals surface area contributed by atoms with Crippen LogP contribution in [0.15, 0.2) is 0 Å². The molecule has 2 aliphatic rings. The molecule has 2 saturated heterocycles. The van der Waals surface area contributed by atoms with E-state index in [1.165, 1.54) is 0 Å². The Hall–Kier alpha value is -0.810. The molecule has 1 unspecified atom stereocenters. The number of ether oxygens (including phenoxy) is 1. The van der Waals surface area contributed by atoms with Gasteiger partial charge in [0.1, 0.15) is 5.60 Å². The van der Waals surface area contributed by atoms with Crippen LogP contribution in [0.1, 0.15) is 27.2 Å². The Bertz CT molecular complexity index is 295. The maximum Gasteiger partial charge on any atom is 0.410 e. The summed E-state index contributed by atoms with van der Waals surface area (Å²) in [5, 5.41) is 3.36. The highest BCUT2D eigenvalue weighted by Gasteiger charge is 2.32. The van der Waals surface area contributed by atoms with Crippen molar-refractivity contribution in [3.05, 3.63) is 0 Å². The average molecular weight is 255 g/mol. The van der Waals surface area contributed by atoms with Gasteiger partial charge in [0.2, 0.25) is 0 Å². The fraction of sp³-hybridized carbons (Fsp3) is 0.923. The van der Waals surface area contributed by atoms with Crippen LogP contribution in [0.5, 0.6) is 0 Å². The second-order valence-corrected chi connectivity index (χ2v) is 6.15. The van der Waals surface area contributed by atoms with Crippen molar-refractivity contribution < 1.29 is 9.53 Å². The van der Waals surface area contributed by atoms with Crippen LogP contribution in [0.2, 0.25) is 0 Å². The lowest BCUT2D eigenvalue weighted by Crippen LogP contribution is -2.49. The minimum atomic E-state index is -0.399. The molecule has 0 radical (unpaired) electrons. The lowest BCUT2D eigenvalue weighted by molar-refractivity contribution is 0.0278. The van der Waals surface area contributed by atoms with Gasteiger partial charge in [0.15, 0.2) is 0 Å². The second kappa shape index (κ2) is 5.45. The van der Waals surface area contributed by atoms with Gasteiger partial charge in [0, 0.05) is 45.3 Å². The summed E-state index contributed by atoms with van der Waals surface area (Å²) in [6.07, 6.45) is 0.902. The molecule has 1 amide bonds. The highest BCUT2D eigenvalue weighted by Crippen LogP contribution is 2.19. The van der Waals surface area contributed by atoms with Gasteiger partial charge in [0.25, 0.3) is 0 Å². The van der Waals surface area contributed by atoms with Crippen LogP contribution in [0.3, 0.4) is 0 Å². The van der Waals surface area contributed by atoms with Gasteiger partial charge in [-0.25, -0.2) is 4.79 Å². The molecule has 0 aromatic heterocycles. The molecular formula is C13H25N3O2. The number of piperazine rings is 1. The smallest absolute Gasteiger partial charge is 0.410 e. The SMILES string of the molecule is CC(C)(C)OC(=O)N1CCC(N2CCNCC2)C1. The van der Waals surface area contributed by atoms with Crippen molar-refractivity contribution in [1.82, 2.24) is 15.1 Å². The minimum absolute atomic E-state index is 0.167. The third kappa shape index (κ3) is 3.59. The Balaban J connectivity index is 1.82. The van der Waals surface area contributed by atoms with E-state index in [2.05, 4.69) is 10.2 Å². The molecule has 1 N–H and O–H groups in total. The summed E-state index contributed by atoms with van der Waals surface area (Å²) in [7, 11) is 0. The molecule has 5 heteroatoms. The van der Waals surface area contributed by atoms with Crippen LogP contribution in [0.4, 0.5) is 4.79 Å². The van der Waals surface area contributed by atoms with Crippen LogP contribution >= 0.6 is 0 Å². The van der Waals surface area contributed by atoms with Gasteiger partial charge < -0.3 is 15.0 Å². The third-order valence-corrected chi connectivity index (χ3v) is 3.48. The van der Waals surface area contributed by atoms with Gasteiger partial charge in [-0.3, -0.25) is 4.90 Å². The van der Waals surface area contributed by atoms with E-state index >= 15 is 0 Å². The number of hydrogen-bond acceptors (Lipinski definition) is 4. The fourth-order valence-corrected chi connectivity index (χ4v) is 2.58. The van der Waals surface area contributed by atoms with Crippen molar-refractivity contribution in [3.8, 4) is 0 Å². The average Bonchev–Trinajstić information content (AvgIpc) is 2.77. The number of likely N-dealkylation sites (tertiary alicyclic amines) is 1. The Morgan fingerprint density at radius 2 is 1.89 bits per heavy atom. The van der Waals surface area contributed by atoms with Crippen molar-refractivity contribution in [2.45, 2.75) is 38.8 Å². The second-order valence-electron chi connectivity index (χ2n) is 6.15. The molecule has 2 rings (SSSR count). The van der Waals surface area contributed by atoms with Crippen molar-refractivity contribution in [2.75, 3.05) is 39.3 Å². The van der Waals surface area contributed by atoms with Crippen LogP contribution in [-0.2, 0) is 4.74 Å². The molecule has 5 nitrogen and oxygen atoms in total. The van der Waals surface area contributed by atoms with E-state index in [1.54, 1.807) is 0 Å². The zero-order chi connectivity index (χ0) is 13.2. The van der Waals surface area contributed by atoms with E-state index in [0.29, 0.717) is 6.04 Å². The molecule has 1 atom stereocenters. The first-order chi connectivity index (χ1) is 8.46. The summed E-state index contributed by atoms with van der Waals surface area (Å²) >= 11 is 0. The summed E-state index contributed by atoms with van der Waals surface area (Å²) in [5.41, 5.74) is -0.399. The molecule has 2 aliphatic heterocycles. The van der Waals surface area contributed by atoms with Crippen LogP contribution in [-0.4, -0.2) is 66.8 Å². The van der Waals surface area contributed by atoms with E-state index in [0.717, 1.165) is 45.7 Å². The minimum Gasteiger partial charge on any atom is -0.444 e. The Morgan fingerprint density at radius 3 is 2.50 bits per heavy atom. The molecule has 0 bridgehead atoms. The zero-order valence-corrected chi connectivity index (χ0v) is 11.7. The van der Waals surface area contributed by atoms with Gasteiger partial charge >= 0.3 is 6.09 Å². The van der Waals surface area contributed by atoms with Crippen molar-refractivity contribution in [2.24, 2.45) is 0 Å². The highest BCUT2D eigenvalue weighted by molar-refractivity contribution is 5.68. The van der Waals surface area contributed by atoms with Crippen molar-refractivity contribution >= 4 is 6.09 Å². The van der Waals surface area contributed by atoms with Gasteiger partial charge in [-0.1, -0.05) is 0 Å². The number of nitrogens with zero attached hydrogens (tertiary/aromatic N) is 2. The molecule has 2 heterocycles. The Labute approximate surface area is 109 Å². The van der Waals surface area contributed by atoms with E-state index < -0.39 is 5.60 Å². The summed E-state index contributed by atoms with van der Waals surface area (Å²) in [5.74, 6) is 0. The van der Waals surface area contributed by atoms with Crippen LogP contribution < -0.4 is 5.32 Å². The predicted octanol–water partition coefficient (Wildman–Crippen LogP) is 0.901. The first-order valence-corrected chi connectivity index (χ1v) is 6.88. The quantitative estimate of drug-likeness (QED) is 0.756. The largest absolute Gasteiger partial charge is 0.444 e. The standard InChI is InChI=1S/C13H25N3O2/c1-13(2,3)18-12(17)16-7-4-11(10-16)15-8-5-14-6-9-15/h11,14H,4-10H2,1-3H3. The molecule has 0 spiro atoms. The fourth-order valence-electron chi connectivity index (χ4n) is 2.58. The number of nitrogens with one attached hydrogen (secondary N) is 1. The van der Waals surface area contributed by atoms with Crippen molar-refractivity contribution in [3.63, 3.8) is 0 Å². The van der Waals surface area contributed by atoms with Gasteiger partial charge in [-0.05, 0) is 27.2 Å². The third-order valence-electron chi connectivity index (χ3n) is 3.48. The highest BCUT2D eigenvalue weighted by atomic mass is 16.6. The number of amides is 1. The summed E-state index contributed by atoms with van der Waals surface area (Å²) in [6.45, 7) is 11.7. The number of carbonyl (C=O) groups excluding carboxylic acids is 1. The Morgan fingerprint density at radius 1 is 1.22 bits per heavy atom. The number of hydrogen-bond donors (Lipinski definition) is 1. The first kappa shape index (κ1) is 13.6. The van der Waals surface area contributed by atoms with Gasteiger partial charge in [-0.15, -0.1) is 0 Å². The normalized spacial score (nSPS) is 26.4. The first-order valence-electron chi connectivity index (χ1n) is 6.88. The molecule has 0 saturated carbocycles. The molecule has 2 fully saturated rings. The number of rotatable bonds is 1. The summed E-state index contributed by atoms with van der Waals surface area (Å²) in [4.78, 5) is 16.3. The summed E-state index contributed by atoms with van der Waals surface area (Å²) in [6, 6.07) is 0.514. The molecule has 0 aromatic rings. The van der Waals surface area contributed by atoms with E-state index in [1.807, 2.05) is 25.7 Å².